The lowest BCUT2D eigenvalue weighted by atomic mass is 9.95. The fourth-order valence-corrected chi connectivity index (χ4v) is 6.01. The van der Waals surface area contributed by atoms with Gasteiger partial charge in [0.2, 0.25) is 0 Å². The molecule has 1 aliphatic heterocycles. The van der Waals surface area contributed by atoms with E-state index in [0.29, 0.717) is 28.6 Å². The number of carbonyl (C=O) groups excluding carboxylic acids is 2. The summed E-state index contributed by atoms with van der Waals surface area (Å²) < 4.78 is 6.60. The molecule has 200 valence electrons. The molecule has 1 saturated heterocycles. The zero-order valence-electron chi connectivity index (χ0n) is 22.7. The van der Waals surface area contributed by atoms with Gasteiger partial charge in [-0.3, -0.25) is 14.5 Å². The number of hydrogen-bond donors (Lipinski definition) is 1. The van der Waals surface area contributed by atoms with Gasteiger partial charge in [-0.05, 0) is 79.4 Å². The number of aliphatic hydroxyl groups excluding tert-OH is 1. The molecule has 1 amide bonds. The minimum atomic E-state index is -0.834. The van der Waals surface area contributed by atoms with Crippen molar-refractivity contribution in [2.24, 2.45) is 0 Å². The molecule has 3 aromatic carbocycles. The van der Waals surface area contributed by atoms with Crippen LogP contribution in [0, 0.1) is 13.8 Å². The lowest BCUT2D eigenvalue weighted by Crippen LogP contribution is -2.29. The van der Waals surface area contributed by atoms with E-state index in [9.17, 15) is 14.7 Å². The number of hydrogen-bond acceptors (Lipinski definition) is 7. The van der Waals surface area contributed by atoms with E-state index < -0.39 is 17.7 Å². The number of benzene rings is 3. The maximum absolute atomic E-state index is 13.6. The largest absolute Gasteiger partial charge is 0.507 e. The molecule has 2 heterocycles. The average molecular weight is 542 g/mol. The summed E-state index contributed by atoms with van der Waals surface area (Å²) in [4.78, 5) is 35.3. The van der Waals surface area contributed by atoms with E-state index in [4.69, 9.17) is 9.72 Å². The van der Waals surface area contributed by atoms with Gasteiger partial charge in [0.15, 0.2) is 5.13 Å². The first-order chi connectivity index (χ1) is 18.7. The first-order valence-corrected chi connectivity index (χ1v) is 13.7. The van der Waals surface area contributed by atoms with Crippen LogP contribution in [-0.2, 0) is 9.59 Å². The minimum absolute atomic E-state index is 0.0342. The monoisotopic (exact) mass is 541 g/mol. The summed E-state index contributed by atoms with van der Waals surface area (Å²) >= 11 is 1.37. The van der Waals surface area contributed by atoms with Crippen molar-refractivity contribution in [1.82, 2.24) is 4.98 Å². The van der Waals surface area contributed by atoms with E-state index in [1.807, 2.05) is 76.2 Å². The van der Waals surface area contributed by atoms with Crippen LogP contribution in [0.3, 0.4) is 0 Å². The summed E-state index contributed by atoms with van der Waals surface area (Å²) in [5.41, 5.74) is 5.04. The third-order valence-corrected chi connectivity index (χ3v) is 7.80. The van der Waals surface area contributed by atoms with E-state index in [1.165, 1.54) is 16.2 Å². The quantitative estimate of drug-likeness (QED) is 0.166. The van der Waals surface area contributed by atoms with Crippen molar-refractivity contribution in [2.75, 3.05) is 30.5 Å². The SMILES string of the molecule is CCCOc1ccc(/C(O)=C2\C(=O)C(=O)N(c3nc4c(C)cc(C)cc4s3)C2c2ccc(N(C)C)cc2)cc1. The van der Waals surface area contributed by atoms with Gasteiger partial charge in [0.05, 0.1) is 28.4 Å². The Morgan fingerprint density at radius 3 is 2.38 bits per heavy atom. The number of Topliss-reactive ketones (excluding diaryl/α,β-unsaturated/α-hetero) is 1. The van der Waals surface area contributed by atoms with E-state index in [-0.39, 0.29) is 11.3 Å². The number of anilines is 2. The normalized spacial score (nSPS) is 16.7. The number of amides is 1. The van der Waals surface area contributed by atoms with E-state index in [1.54, 1.807) is 24.3 Å². The van der Waals surface area contributed by atoms with Gasteiger partial charge >= 0.3 is 5.91 Å². The molecule has 0 radical (unpaired) electrons. The van der Waals surface area contributed by atoms with Crippen molar-refractivity contribution in [3.63, 3.8) is 0 Å². The van der Waals surface area contributed by atoms with Crippen LogP contribution < -0.4 is 14.5 Å². The molecule has 4 aromatic rings. The number of ketones is 1. The molecule has 1 atom stereocenters. The van der Waals surface area contributed by atoms with Crippen LogP contribution in [0.25, 0.3) is 16.0 Å². The predicted octanol–water partition coefficient (Wildman–Crippen LogP) is 6.39. The summed E-state index contributed by atoms with van der Waals surface area (Å²) in [6.45, 7) is 6.61. The van der Waals surface area contributed by atoms with Crippen molar-refractivity contribution >= 4 is 49.8 Å². The molecule has 1 aromatic heterocycles. The van der Waals surface area contributed by atoms with Gasteiger partial charge in [-0.15, -0.1) is 0 Å². The summed E-state index contributed by atoms with van der Waals surface area (Å²) in [7, 11) is 3.89. The van der Waals surface area contributed by atoms with Crippen molar-refractivity contribution in [3.05, 3.63) is 88.5 Å². The van der Waals surface area contributed by atoms with Crippen molar-refractivity contribution in [3.8, 4) is 5.75 Å². The molecule has 8 heteroatoms. The van der Waals surface area contributed by atoms with Crippen molar-refractivity contribution < 1.29 is 19.4 Å². The molecule has 1 N–H and O–H groups in total. The highest BCUT2D eigenvalue weighted by Crippen LogP contribution is 2.45. The Kier molecular flexibility index (Phi) is 7.14. The Morgan fingerprint density at radius 1 is 1.05 bits per heavy atom. The van der Waals surface area contributed by atoms with Crippen molar-refractivity contribution in [2.45, 2.75) is 33.2 Å². The number of aryl methyl sites for hydroxylation is 2. The molecule has 5 rings (SSSR count). The Morgan fingerprint density at radius 2 is 1.74 bits per heavy atom. The van der Waals surface area contributed by atoms with Gasteiger partial charge in [0.1, 0.15) is 11.5 Å². The molecule has 39 heavy (non-hydrogen) atoms. The third kappa shape index (κ3) is 4.88. The van der Waals surface area contributed by atoms with Gasteiger partial charge in [-0.1, -0.05) is 36.5 Å². The van der Waals surface area contributed by atoms with E-state index in [2.05, 4.69) is 0 Å². The predicted molar refractivity (Wildman–Crippen MR) is 157 cm³/mol. The third-order valence-electron chi connectivity index (χ3n) is 6.79. The molecule has 0 spiro atoms. The molecular weight excluding hydrogens is 510 g/mol. The summed E-state index contributed by atoms with van der Waals surface area (Å²) in [5.74, 6) is -1.01. The fraction of sp³-hybridized carbons (Fsp3) is 0.258. The van der Waals surface area contributed by atoms with Gasteiger partial charge in [0, 0.05) is 25.3 Å². The summed E-state index contributed by atoms with van der Waals surface area (Å²) in [6.07, 6.45) is 0.878. The maximum Gasteiger partial charge on any atom is 0.301 e. The zero-order valence-corrected chi connectivity index (χ0v) is 23.5. The van der Waals surface area contributed by atoms with Crippen LogP contribution >= 0.6 is 11.3 Å². The Balaban J connectivity index is 1.66. The lowest BCUT2D eigenvalue weighted by molar-refractivity contribution is -0.132. The zero-order chi connectivity index (χ0) is 27.8. The smallest absolute Gasteiger partial charge is 0.301 e. The Hall–Kier alpha value is -4.17. The highest BCUT2D eigenvalue weighted by molar-refractivity contribution is 7.22. The molecule has 1 unspecified atom stereocenters. The maximum atomic E-state index is 13.6. The summed E-state index contributed by atoms with van der Waals surface area (Å²) in [6, 6.07) is 17.8. The first kappa shape index (κ1) is 26.4. The standard InChI is InChI=1S/C31H31N3O4S/c1-6-15-38-23-13-9-21(10-14-23)28(35)25-27(20-7-11-22(12-8-20)33(4)5)34(30(37)29(25)36)31-32-26-19(3)16-18(2)17-24(26)39-31/h7-14,16-17,27,35H,6,15H2,1-5H3/b28-25+. The Bertz CT molecular complexity index is 1590. The number of thiazole rings is 1. The number of fused-ring (bicyclic) bond motifs is 1. The number of ether oxygens (including phenoxy) is 1. The number of rotatable bonds is 7. The number of nitrogens with zero attached hydrogens (tertiary/aromatic N) is 3. The number of carbonyl (C=O) groups is 2. The second kappa shape index (κ2) is 10.5. The summed E-state index contributed by atoms with van der Waals surface area (Å²) in [5, 5.41) is 11.9. The van der Waals surface area contributed by atoms with Crippen LogP contribution in [0.5, 0.6) is 5.75 Å². The second-order valence-corrected chi connectivity index (χ2v) is 11.0. The highest BCUT2D eigenvalue weighted by Gasteiger charge is 2.48. The molecule has 0 aliphatic carbocycles. The van der Waals surface area contributed by atoms with Crippen LogP contribution in [0.15, 0.2) is 66.2 Å². The van der Waals surface area contributed by atoms with Gasteiger partial charge in [0.25, 0.3) is 5.78 Å². The second-order valence-electron chi connectivity index (χ2n) is 9.95. The van der Waals surface area contributed by atoms with Crippen LogP contribution in [0.1, 0.15) is 41.6 Å². The van der Waals surface area contributed by atoms with Gasteiger partial charge in [-0.2, -0.15) is 0 Å². The minimum Gasteiger partial charge on any atom is -0.507 e. The van der Waals surface area contributed by atoms with Gasteiger partial charge in [-0.25, -0.2) is 4.98 Å². The lowest BCUT2D eigenvalue weighted by Gasteiger charge is -2.23. The highest BCUT2D eigenvalue weighted by atomic mass is 32.1. The molecule has 1 fully saturated rings. The number of aliphatic hydroxyl groups is 1. The number of aromatic nitrogens is 1. The molecular formula is C31H31N3O4S. The Labute approximate surface area is 232 Å². The first-order valence-electron chi connectivity index (χ1n) is 12.9. The van der Waals surface area contributed by atoms with Crippen LogP contribution in [0.4, 0.5) is 10.8 Å². The van der Waals surface area contributed by atoms with E-state index >= 15 is 0 Å². The average Bonchev–Trinajstić information content (AvgIpc) is 3.46. The van der Waals surface area contributed by atoms with Crippen molar-refractivity contribution in [1.29, 1.82) is 0 Å². The van der Waals surface area contributed by atoms with E-state index in [0.717, 1.165) is 33.5 Å². The molecule has 0 saturated carbocycles. The van der Waals surface area contributed by atoms with Gasteiger partial charge < -0.3 is 14.7 Å². The molecule has 0 bridgehead atoms. The molecule has 7 nitrogen and oxygen atoms in total. The van der Waals surface area contributed by atoms with Crippen LogP contribution in [0.2, 0.25) is 0 Å². The van der Waals surface area contributed by atoms with Crippen LogP contribution in [-0.4, -0.2) is 42.5 Å². The topological polar surface area (TPSA) is 83.0 Å². The fourth-order valence-electron chi connectivity index (χ4n) is 4.85. The molecule has 1 aliphatic rings.